The average molecular weight is 268 g/mol. The molecule has 1 rings (SSSR count). The summed E-state index contributed by atoms with van der Waals surface area (Å²) in [5, 5.41) is 8.89. The number of carbonyl (C=O) groups excluding carboxylic acids is 1. The molecule has 0 radical (unpaired) electrons. The van der Waals surface area contributed by atoms with Crippen LogP contribution in [0.15, 0.2) is 30.3 Å². The van der Waals surface area contributed by atoms with E-state index in [1.807, 2.05) is 30.3 Å². The van der Waals surface area contributed by atoms with Crippen molar-refractivity contribution in [3.63, 3.8) is 0 Å². The third-order valence-electron chi connectivity index (χ3n) is 2.27. The number of hydrogen-bond donors (Lipinski definition) is 1. The Morgan fingerprint density at radius 1 is 1.16 bits per heavy atom. The lowest BCUT2D eigenvalue weighted by atomic mass is 10.2. The Hall–Kier alpha value is -1.59. The quantitative estimate of drug-likeness (QED) is 0.575. The molecule has 0 bridgehead atoms. The highest BCUT2D eigenvalue weighted by Crippen LogP contribution is 1.99. The van der Waals surface area contributed by atoms with Gasteiger partial charge in [0, 0.05) is 0 Å². The van der Waals surface area contributed by atoms with Gasteiger partial charge in [-0.15, -0.1) is 0 Å². The summed E-state index contributed by atoms with van der Waals surface area (Å²) in [5.41, 5.74) is 1.21. The minimum atomic E-state index is -0.785. The van der Waals surface area contributed by atoms with E-state index in [1.54, 1.807) is 0 Å². The molecule has 0 amide bonds. The SMILES string of the molecule is CC(O)COC(=O)OCCOCCc1ccccc1. The van der Waals surface area contributed by atoms with Gasteiger partial charge in [0.2, 0.25) is 0 Å². The molecule has 19 heavy (non-hydrogen) atoms. The van der Waals surface area contributed by atoms with Crippen molar-refractivity contribution in [1.82, 2.24) is 0 Å². The summed E-state index contributed by atoms with van der Waals surface area (Å²) in [7, 11) is 0. The Kier molecular flexibility index (Phi) is 7.62. The van der Waals surface area contributed by atoms with E-state index in [9.17, 15) is 4.79 Å². The zero-order chi connectivity index (χ0) is 13.9. The second-order valence-electron chi connectivity index (χ2n) is 4.11. The lowest BCUT2D eigenvalue weighted by Crippen LogP contribution is -2.18. The van der Waals surface area contributed by atoms with Gasteiger partial charge in [0.1, 0.15) is 13.2 Å². The van der Waals surface area contributed by atoms with Gasteiger partial charge in [-0.25, -0.2) is 4.79 Å². The summed E-state index contributed by atoms with van der Waals surface area (Å²) < 4.78 is 14.7. The van der Waals surface area contributed by atoms with Crippen LogP contribution in [0.4, 0.5) is 4.79 Å². The van der Waals surface area contributed by atoms with Crippen LogP contribution in [0.5, 0.6) is 0 Å². The van der Waals surface area contributed by atoms with Gasteiger partial charge in [0.05, 0.1) is 19.3 Å². The van der Waals surface area contributed by atoms with Crippen LogP contribution in [-0.2, 0) is 20.6 Å². The molecule has 0 aliphatic heterocycles. The maximum Gasteiger partial charge on any atom is 0.508 e. The first-order valence-electron chi connectivity index (χ1n) is 6.28. The highest BCUT2D eigenvalue weighted by Gasteiger charge is 2.05. The van der Waals surface area contributed by atoms with E-state index in [2.05, 4.69) is 4.74 Å². The molecule has 1 aromatic carbocycles. The molecule has 1 N–H and O–H groups in total. The van der Waals surface area contributed by atoms with Gasteiger partial charge >= 0.3 is 6.16 Å². The fourth-order valence-corrected chi connectivity index (χ4v) is 1.35. The van der Waals surface area contributed by atoms with Gasteiger partial charge in [0.25, 0.3) is 0 Å². The Balaban J connectivity index is 1.95. The first-order chi connectivity index (χ1) is 9.18. The van der Waals surface area contributed by atoms with Crippen molar-refractivity contribution >= 4 is 6.16 Å². The lowest BCUT2D eigenvalue weighted by molar-refractivity contribution is 0.00800. The molecular formula is C14H20O5. The fourth-order valence-electron chi connectivity index (χ4n) is 1.35. The number of aliphatic hydroxyl groups excluding tert-OH is 1. The van der Waals surface area contributed by atoms with E-state index in [1.165, 1.54) is 12.5 Å². The van der Waals surface area contributed by atoms with Crippen LogP contribution in [0.1, 0.15) is 12.5 Å². The minimum absolute atomic E-state index is 0.0618. The molecule has 0 aliphatic rings. The maximum atomic E-state index is 11.0. The Morgan fingerprint density at radius 2 is 1.89 bits per heavy atom. The summed E-state index contributed by atoms with van der Waals surface area (Å²) in [4.78, 5) is 11.0. The second-order valence-corrected chi connectivity index (χ2v) is 4.11. The number of aliphatic hydroxyl groups is 1. The van der Waals surface area contributed by atoms with E-state index in [-0.39, 0.29) is 13.2 Å². The summed E-state index contributed by atoms with van der Waals surface area (Å²) in [6, 6.07) is 10.0. The molecule has 0 aromatic heterocycles. The third kappa shape index (κ3) is 8.18. The number of rotatable bonds is 8. The van der Waals surface area contributed by atoms with Crippen molar-refractivity contribution in [2.45, 2.75) is 19.4 Å². The summed E-state index contributed by atoms with van der Waals surface area (Å²) in [6.45, 7) is 2.52. The van der Waals surface area contributed by atoms with E-state index in [4.69, 9.17) is 14.6 Å². The van der Waals surface area contributed by atoms with Crippen molar-refractivity contribution in [1.29, 1.82) is 0 Å². The van der Waals surface area contributed by atoms with Crippen LogP contribution in [-0.4, -0.2) is 43.8 Å². The van der Waals surface area contributed by atoms with Gasteiger partial charge in [-0.2, -0.15) is 0 Å². The normalized spacial score (nSPS) is 11.9. The molecule has 5 heteroatoms. The lowest BCUT2D eigenvalue weighted by Gasteiger charge is -2.08. The van der Waals surface area contributed by atoms with Crippen LogP contribution >= 0.6 is 0 Å². The molecule has 1 atom stereocenters. The number of ether oxygens (including phenoxy) is 3. The largest absolute Gasteiger partial charge is 0.508 e. The molecule has 0 spiro atoms. The highest BCUT2D eigenvalue weighted by molar-refractivity contribution is 5.59. The molecule has 0 aliphatic carbocycles. The van der Waals surface area contributed by atoms with E-state index < -0.39 is 12.3 Å². The Morgan fingerprint density at radius 3 is 2.58 bits per heavy atom. The van der Waals surface area contributed by atoms with E-state index in [0.29, 0.717) is 13.2 Å². The summed E-state index contributed by atoms with van der Waals surface area (Å²) in [5.74, 6) is 0. The number of benzene rings is 1. The second kappa shape index (κ2) is 9.35. The van der Waals surface area contributed by atoms with Crippen molar-refractivity contribution in [3.8, 4) is 0 Å². The van der Waals surface area contributed by atoms with E-state index in [0.717, 1.165) is 6.42 Å². The van der Waals surface area contributed by atoms with Crippen molar-refractivity contribution in [2.24, 2.45) is 0 Å². The Bertz CT molecular complexity index is 350. The molecule has 1 unspecified atom stereocenters. The maximum absolute atomic E-state index is 11.0. The molecule has 0 heterocycles. The fraction of sp³-hybridized carbons (Fsp3) is 0.500. The molecule has 106 valence electrons. The predicted molar refractivity (Wildman–Crippen MR) is 69.9 cm³/mol. The average Bonchev–Trinajstić information content (AvgIpc) is 2.41. The zero-order valence-corrected chi connectivity index (χ0v) is 11.1. The Labute approximate surface area is 113 Å². The van der Waals surface area contributed by atoms with E-state index >= 15 is 0 Å². The summed E-state index contributed by atoms with van der Waals surface area (Å²) in [6.07, 6.45) is -0.643. The van der Waals surface area contributed by atoms with Crippen LogP contribution < -0.4 is 0 Å². The van der Waals surface area contributed by atoms with Crippen LogP contribution in [0.2, 0.25) is 0 Å². The van der Waals surface area contributed by atoms with Crippen molar-refractivity contribution in [2.75, 3.05) is 26.4 Å². The number of carbonyl (C=O) groups is 1. The van der Waals surface area contributed by atoms with Crippen molar-refractivity contribution < 1.29 is 24.1 Å². The van der Waals surface area contributed by atoms with Gasteiger partial charge in [-0.3, -0.25) is 0 Å². The van der Waals surface area contributed by atoms with Gasteiger partial charge in [-0.1, -0.05) is 30.3 Å². The van der Waals surface area contributed by atoms with Crippen LogP contribution in [0.25, 0.3) is 0 Å². The van der Waals surface area contributed by atoms with Gasteiger partial charge in [-0.05, 0) is 18.9 Å². The minimum Gasteiger partial charge on any atom is -0.432 e. The standard InChI is InChI=1S/C14H20O5/c1-12(15)11-19-14(16)18-10-9-17-8-7-13-5-3-2-4-6-13/h2-6,12,15H,7-11H2,1H3. The van der Waals surface area contributed by atoms with Crippen molar-refractivity contribution in [3.05, 3.63) is 35.9 Å². The zero-order valence-electron chi connectivity index (χ0n) is 11.1. The summed E-state index contributed by atoms with van der Waals surface area (Å²) >= 11 is 0. The van der Waals surface area contributed by atoms with Gasteiger partial charge < -0.3 is 19.3 Å². The highest BCUT2D eigenvalue weighted by atomic mass is 16.7. The first-order valence-corrected chi connectivity index (χ1v) is 6.28. The predicted octanol–water partition coefficient (Wildman–Crippen LogP) is 1.78. The molecule has 0 saturated heterocycles. The number of hydrogen-bond acceptors (Lipinski definition) is 5. The smallest absolute Gasteiger partial charge is 0.432 e. The molecule has 0 fully saturated rings. The van der Waals surface area contributed by atoms with Crippen LogP contribution in [0.3, 0.4) is 0 Å². The topological polar surface area (TPSA) is 65.0 Å². The molecular weight excluding hydrogens is 248 g/mol. The third-order valence-corrected chi connectivity index (χ3v) is 2.27. The molecule has 1 aromatic rings. The monoisotopic (exact) mass is 268 g/mol. The van der Waals surface area contributed by atoms with Gasteiger partial charge in [0.15, 0.2) is 0 Å². The molecule has 5 nitrogen and oxygen atoms in total. The molecule has 0 saturated carbocycles. The van der Waals surface area contributed by atoms with Crippen LogP contribution in [0, 0.1) is 0 Å². The first kappa shape index (κ1) is 15.5.